The fourth-order valence-electron chi connectivity index (χ4n) is 3.72. The Hall–Kier alpha value is -0.900. The number of likely N-dealkylation sites (tertiary alicyclic amines) is 1. The predicted octanol–water partition coefficient (Wildman–Crippen LogP) is 2.75. The van der Waals surface area contributed by atoms with Crippen molar-refractivity contribution in [3.8, 4) is 0 Å². The lowest BCUT2D eigenvalue weighted by molar-refractivity contribution is 0.0288. The monoisotopic (exact) mass is 289 g/mol. The fourth-order valence-corrected chi connectivity index (χ4v) is 3.72. The Kier molecular flexibility index (Phi) is 4.94. The lowest BCUT2D eigenvalue weighted by Gasteiger charge is -2.38. The maximum atomic E-state index is 5.91. The summed E-state index contributed by atoms with van der Waals surface area (Å²) in [5, 5.41) is 0. The van der Waals surface area contributed by atoms with E-state index in [0.29, 0.717) is 11.5 Å². The second-order valence-electron chi connectivity index (χ2n) is 6.67. The minimum atomic E-state index is 0.325. The van der Waals surface area contributed by atoms with Crippen LogP contribution in [0, 0.1) is 5.41 Å². The van der Waals surface area contributed by atoms with Gasteiger partial charge in [0.05, 0.1) is 19.3 Å². The molecule has 2 heterocycles. The molecular formula is C18H27NO2. The number of ether oxygens (including phenoxy) is 2. The standard InChI is InChI=1S/C18H27NO2/c1-20-14-17-13-18(15-21-17)8-11-19(12-9-18)10-7-16-5-3-2-4-6-16/h2-6,17H,7-15H2,1H3/t17-/m1/s1. The molecule has 0 aromatic heterocycles. The van der Waals surface area contributed by atoms with Crippen LogP contribution in [0.3, 0.4) is 0 Å². The molecule has 0 unspecified atom stereocenters. The Morgan fingerprint density at radius 2 is 2.00 bits per heavy atom. The van der Waals surface area contributed by atoms with E-state index in [1.165, 1.54) is 44.5 Å². The molecule has 0 N–H and O–H groups in total. The molecule has 2 aliphatic heterocycles. The van der Waals surface area contributed by atoms with Crippen LogP contribution in [0.15, 0.2) is 30.3 Å². The van der Waals surface area contributed by atoms with Crippen LogP contribution >= 0.6 is 0 Å². The molecule has 1 aromatic carbocycles. The molecule has 0 bridgehead atoms. The van der Waals surface area contributed by atoms with Crippen molar-refractivity contribution < 1.29 is 9.47 Å². The Balaban J connectivity index is 1.43. The van der Waals surface area contributed by atoms with Gasteiger partial charge in [-0.15, -0.1) is 0 Å². The van der Waals surface area contributed by atoms with E-state index in [0.717, 1.165) is 19.6 Å². The summed E-state index contributed by atoms with van der Waals surface area (Å²) >= 11 is 0. The van der Waals surface area contributed by atoms with Crippen molar-refractivity contribution >= 4 is 0 Å². The highest BCUT2D eigenvalue weighted by molar-refractivity contribution is 5.14. The van der Waals surface area contributed by atoms with Gasteiger partial charge in [-0.3, -0.25) is 0 Å². The molecule has 1 spiro atoms. The Bertz CT molecular complexity index is 426. The van der Waals surface area contributed by atoms with E-state index >= 15 is 0 Å². The SMILES string of the molecule is COC[C@H]1CC2(CCN(CCc3ccccc3)CC2)CO1. The van der Waals surface area contributed by atoms with Crippen LogP contribution in [0.25, 0.3) is 0 Å². The van der Waals surface area contributed by atoms with Crippen molar-refractivity contribution in [1.29, 1.82) is 0 Å². The highest BCUT2D eigenvalue weighted by Gasteiger charge is 2.42. The van der Waals surface area contributed by atoms with Crippen molar-refractivity contribution in [2.75, 3.05) is 40.0 Å². The van der Waals surface area contributed by atoms with E-state index in [2.05, 4.69) is 35.2 Å². The minimum absolute atomic E-state index is 0.325. The molecule has 3 heteroatoms. The van der Waals surface area contributed by atoms with Crippen molar-refractivity contribution in [2.24, 2.45) is 5.41 Å². The van der Waals surface area contributed by atoms with E-state index in [4.69, 9.17) is 9.47 Å². The lowest BCUT2D eigenvalue weighted by atomic mass is 9.76. The molecule has 0 radical (unpaired) electrons. The summed E-state index contributed by atoms with van der Waals surface area (Å²) in [5.41, 5.74) is 1.88. The van der Waals surface area contributed by atoms with Gasteiger partial charge in [-0.1, -0.05) is 30.3 Å². The second kappa shape index (κ2) is 6.91. The van der Waals surface area contributed by atoms with Crippen molar-refractivity contribution in [2.45, 2.75) is 31.8 Å². The molecule has 116 valence electrons. The summed E-state index contributed by atoms with van der Waals surface area (Å²) in [4.78, 5) is 2.61. The molecule has 2 fully saturated rings. The molecule has 0 saturated carbocycles. The molecular weight excluding hydrogens is 262 g/mol. The van der Waals surface area contributed by atoms with Gasteiger partial charge >= 0.3 is 0 Å². The Labute approximate surface area is 128 Å². The average Bonchev–Trinajstić information content (AvgIpc) is 2.91. The predicted molar refractivity (Wildman–Crippen MR) is 84.5 cm³/mol. The fraction of sp³-hybridized carbons (Fsp3) is 0.667. The molecule has 0 aliphatic carbocycles. The highest BCUT2D eigenvalue weighted by atomic mass is 16.5. The van der Waals surface area contributed by atoms with Crippen LogP contribution in [0.5, 0.6) is 0 Å². The molecule has 21 heavy (non-hydrogen) atoms. The van der Waals surface area contributed by atoms with Crippen LogP contribution in [0.4, 0.5) is 0 Å². The van der Waals surface area contributed by atoms with E-state index in [1.54, 1.807) is 7.11 Å². The topological polar surface area (TPSA) is 21.7 Å². The Morgan fingerprint density at radius 3 is 2.71 bits per heavy atom. The van der Waals surface area contributed by atoms with Crippen LogP contribution in [-0.4, -0.2) is 51.0 Å². The van der Waals surface area contributed by atoms with Gasteiger partial charge in [-0.05, 0) is 49.8 Å². The van der Waals surface area contributed by atoms with Gasteiger partial charge in [0.15, 0.2) is 0 Å². The van der Waals surface area contributed by atoms with Crippen molar-refractivity contribution in [1.82, 2.24) is 4.90 Å². The zero-order valence-corrected chi connectivity index (χ0v) is 13.1. The lowest BCUT2D eigenvalue weighted by Crippen LogP contribution is -2.41. The molecule has 2 aliphatic rings. The first kappa shape index (κ1) is 15.0. The number of hydrogen-bond donors (Lipinski definition) is 0. The number of nitrogens with zero attached hydrogens (tertiary/aromatic N) is 1. The molecule has 1 aromatic rings. The van der Waals surface area contributed by atoms with E-state index in [-0.39, 0.29) is 0 Å². The van der Waals surface area contributed by atoms with Crippen molar-refractivity contribution in [3.63, 3.8) is 0 Å². The number of hydrogen-bond acceptors (Lipinski definition) is 3. The van der Waals surface area contributed by atoms with Gasteiger partial charge in [0.2, 0.25) is 0 Å². The average molecular weight is 289 g/mol. The van der Waals surface area contributed by atoms with Gasteiger partial charge in [0.25, 0.3) is 0 Å². The van der Waals surface area contributed by atoms with Crippen molar-refractivity contribution in [3.05, 3.63) is 35.9 Å². The third kappa shape index (κ3) is 3.85. The van der Waals surface area contributed by atoms with Crippen LogP contribution in [-0.2, 0) is 15.9 Å². The summed E-state index contributed by atoms with van der Waals surface area (Å²) in [7, 11) is 1.76. The first-order valence-corrected chi connectivity index (χ1v) is 8.16. The molecule has 3 nitrogen and oxygen atoms in total. The molecule has 0 amide bonds. The number of piperidine rings is 1. The summed E-state index contributed by atoms with van der Waals surface area (Å²) in [6.07, 6.45) is 5.24. The van der Waals surface area contributed by atoms with Crippen LogP contribution in [0.2, 0.25) is 0 Å². The largest absolute Gasteiger partial charge is 0.382 e. The van der Waals surface area contributed by atoms with Gasteiger partial charge < -0.3 is 14.4 Å². The summed E-state index contributed by atoms with van der Waals surface area (Å²) < 4.78 is 11.1. The number of methoxy groups -OCH3 is 1. The summed E-state index contributed by atoms with van der Waals surface area (Å²) in [6.45, 7) is 5.31. The normalized spacial score (nSPS) is 25.5. The third-order valence-electron chi connectivity index (χ3n) is 5.11. The number of rotatable bonds is 5. The van der Waals surface area contributed by atoms with Crippen LogP contribution < -0.4 is 0 Å². The second-order valence-corrected chi connectivity index (χ2v) is 6.67. The summed E-state index contributed by atoms with van der Waals surface area (Å²) in [6, 6.07) is 10.8. The van der Waals surface area contributed by atoms with E-state index < -0.39 is 0 Å². The highest BCUT2D eigenvalue weighted by Crippen LogP contribution is 2.41. The first-order chi connectivity index (χ1) is 10.3. The van der Waals surface area contributed by atoms with E-state index in [9.17, 15) is 0 Å². The van der Waals surface area contributed by atoms with Crippen LogP contribution in [0.1, 0.15) is 24.8 Å². The smallest absolute Gasteiger partial charge is 0.0814 e. The van der Waals surface area contributed by atoms with Gasteiger partial charge in [0.1, 0.15) is 0 Å². The number of benzene rings is 1. The molecule has 3 rings (SSSR count). The minimum Gasteiger partial charge on any atom is -0.382 e. The zero-order chi connectivity index (χ0) is 14.5. The van der Waals surface area contributed by atoms with Gasteiger partial charge in [0, 0.05) is 13.7 Å². The summed E-state index contributed by atoms with van der Waals surface area (Å²) in [5.74, 6) is 0. The third-order valence-corrected chi connectivity index (χ3v) is 5.11. The molecule has 1 atom stereocenters. The Morgan fingerprint density at radius 1 is 1.24 bits per heavy atom. The maximum Gasteiger partial charge on any atom is 0.0814 e. The molecule has 2 saturated heterocycles. The quantitative estimate of drug-likeness (QED) is 0.832. The zero-order valence-electron chi connectivity index (χ0n) is 13.1. The first-order valence-electron chi connectivity index (χ1n) is 8.16. The van der Waals surface area contributed by atoms with Gasteiger partial charge in [-0.2, -0.15) is 0 Å². The van der Waals surface area contributed by atoms with Gasteiger partial charge in [-0.25, -0.2) is 0 Å². The van der Waals surface area contributed by atoms with E-state index in [1.807, 2.05) is 0 Å². The maximum absolute atomic E-state index is 5.91.